The summed E-state index contributed by atoms with van der Waals surface area (Å²) in [6.07, 6.45) is 1.82. The van der Waals surface area contributed by atoms with Gasteiger partial charge in [-0.05, 0) is 71.6 Å². The minimum absolute atomic E-state index is 0.715. The Morgan fingerprint density at radius 1 is 0.955 bits per heavy atom. The molecule has 0 bridgehead atoms. The molecule has 3 rings (SSSR count). The van der Waals surface area contributed by atoms with Crippen molar-refractivity contribution in [3.05, 3.63) is 68.9 Å². The van der Waals surface area contributed by atoms with Crippen LogP contribution in [-0.4, -0.2) is 9.55 Å². The number of aryl methyl sites for hydroxylation is 3. The van der Waals surface area contributed by atoms with Gasteiger partial charge in [-0.2, -0.15) is 0 Å². The number of hydrogen-bond acceptors (Lipinski definition) is 1. The highest BCUT2D eigenvalue weighted by atomic mass is 79.9. The summed E-state index contributed by atoms with van der Waals surface area (Å²) in [5, 5.41) is 0.715. The highest BCUT2D eigenvalue weighted by molar-refractivity contribution is 9.10. The second kappa shape index (κ2) is 5.90. The van der Waals surface area contributed by atoms with Gasteiger partial charge < -0.3 is 0 Å². The van der Waals surface area contributed by atoms with Crippen LogP contribution in [0.1, 0.15) is 16.7 Å². The molecule has 0 radical (unpaired) electrons. The maximum Gasteiger partial charge on any atom is 0.145 e. The molecule has 0 fully saturated rings. The van der Waals surface area contributed by atoms with Crippen molar-refractivity contribution < 1.29 is 0 Å². The first-order chi connectivity index (χ1) is 10.5. The fourth-order valence-corrected chi connectivity index (χ4v) is 3.10. The summed E-state index contributed by atoms with van der Waals surface area (Å²) in [4.78, 5) is 4.58. The Kier molecular flexibility index (Phi) is 4.11. The minimum Gasteiger partial charge on any atom is -0.286 e. The van der Waals surface area contributed by atoms with Crippen LogP contribution in [0.2, 0.25) is 5.02 Å². The van der Waals surface area contributed by atoms with Gasteiger partial charge in [0, 0.05) is 10.6 Å². The van der Waals surface area contributed by atoms with Crippen molar-refractivity contribution in [3.8, 4) is 17.1 Å². The van der Waals surface area contributed by atoms with Crippen LogP contribution in [0, 0.1) is 20.8 Å². The third-order valence-electron chi connectivity index (χ3n) is 3.90. The zero-order valence-electron chi connectivity index (χ0n) is 12.7. The van der Waals surface area contributed by atoms with Crippen molar-refractivity contribution in [2.75, 3.05) is 0 Å². The number of rotatable bonds is 2. The molecule has 0 aliphatic heterocycles. The molecule has 0 saturated heterocycles. The van der Waals surface area contributed by atoms with Gasteiger partial charge in [0.25, 0.3) is 0 Å². The van der Waals surface area contributed by atoms with Gasteiger partial charge in [0.2, 0.25) is 0 Å². The number of imidazole rings is 1. The molecule has 0 amide bonds. The van der Waals surface area contributed by atoms with Crippen LogP contribution in [0.3, 0.4) is 0 Å². The standard InChI is InChI=1S/C18H16BrClN2/c1-11-4-6-14(8-13(11)3)18-21-10-17(19)22(18)16-9-15(20)7-5-12(16)2/h4-10H,1-3H3. The zero-order chi connectivity index (χ0) is 15.9. The van der Waals surface area contributed by atoms with Crippen molar-refractivity contribution in [2.24, 2.45) is 0 Å². The van der Waals surface area contributed by atoms with E-state index in [0.29, 0.717) is 5.02 Å². The number of nitrogens with zero attached hydrogens (tertiary/aromatic N) is 2. The van der Waals surface area contributed by atoms with Crippen LogP contribution in [0.4, 0.5) is 0 Å². The van der Waals surface area contributed by atoms with Crippen molar-refractivity contribution in [2.45, 2.75) is 20.8 Å². The molecular weight excluding hydrogens is 360 g/mol. The van der Waals surface area contributed by atoms with Gasteiger partial charge in [0.05, 0.1) is 11.9 Å². The smallest absolute Gasteiger partial charge is 0.145 e. The summed E-state index contributed by atoms with van der Waals surface area (Å²) < 4.78 is 3.00. The molecule has 22 heavy (non-hydrogen) atoms. The highest BCUT2D eigenvalue weighted by Crippen LogP contribution is 2.31. The topological polar surface area (TPSA) is 17.8 Å². The number of aromatic nitrogens is 2. The fourth-order valence-electron chi connectivity index (χ4n) is 2.47. The van der Waals surface area contributed by atoms with E-state index in [0.717, 1.165) is 27.2 Å². The Labute approximate surface area is 143 Å². The lowest BCUT2D eigenvalue weighted by atomic mass is 10.1. The fraction of sp³-hybridized carbons (Fsp3) is 0.167. The van der Waals surface area contributed by atoms with E-state index in [1.165, 1.54) is 11.1 Å². The van der Waals surface area contributed by atoms with Crippen molar-refractivity contribution >= 4 is 27.5 Å². The summed E-state index contributed by atoms with van der Waals surface area (Å²) in [7, 11) is 0. The maximum atomic E-state index is 6.18. The molecule has 0 unspecified atom stereocenters. The van der Waals surface area contributed by atoms with Gasteiger partial charge in [-0.1, -0.05) is 29.8 Å². The van der Waals surface area contributed by atoms with E-state index >= 15 is 0 Å². The van der Waals surface area contributed by atoms with Crippen molar-refractivity contribution in [3.63, 3.8) is 0 Å². The van der Waals surface area contributed by atoms with Crippen molar-refractivity contribution in [1.29, 1.82) is 0 Å². The van der Waals surface area contributed by atoms with Gasteiger partial charge in [0.15, 0.2) is 0 Å². The van der Waals surface area contributed by atoms with Gasteiger partial charge in [-0.3, -0.25) is 4.57 Å². The molecule has 0 N–H and O–H groups in total. The van der Waals surface area contributed by atoms with E-state index in [-0.39, 0.29) is 0 Å². The Hall–Kier alpha value is -1.58. The number of benzene rings is 2. The lowest BCUT2D eigenvalue weighted by molar-refractivity contribution is 1.02. The predicted octanol–water partition coefficient (Wildman–Crippen LogP) is 5.88. The Bertz CT molecular complexity index is 852. The van der Waals surface area contributed by atoms with Gasteiger partial charge >= 0.3 is 0 Å². The van der Waals surface area contributed by atoms with Gasteiger partial charge in [-0.15, -0.1) is 0 Å². The summed E-state index contributed by atoms with van der Waals surface area (Å²) >= 11 is 9.78. The zero-order valence-corrected chi connectivity index (χ0v) is 15.0. The lowest BCUT2D eigenvalue weighted by Gasteiger charge is -2.13. The summed E-state index contributed by atoms with van der Waals surface area (Å²) in [6, 6.07) is 12.3. The first kappa shape index (κ1) is 15.3. The molecule has 1 heterocycles. The van der Waals surface area contributed by atoms with Crippen molar-refractivity contribution in [1.82, 2.24) is 9.55 Å². The van der Waals surface area contributed by atoms with E-state index in [4.69, 9.17) is 11.6 Å². The Morgan fingerprint density at radius 3 is 2.41 bits per heavy atom. The van der Waals surface area contributed by atoms with Gasteiger partial charge in [-0.25, -0.2) is 4.98 Å². The predicted molar refractivity (Wildman–Crippen MR) is 95.9 cm³/mol. The lowest BCUT2D eigenvalue weighted by Crippen LogP contribution is -2.01. The summed E-state index contributed by atoms with van der Waals surface area (Å²) in [5.74, 6) is 0.903. The van der Waals surface area contributed by atoms with Crippen LogP contribution in [0.5, 0.6) is 0 Å². The summed E-state index contributed by atoms with van der Waals surface area (Å²) in [6.45, 7) is 6.30. The monoisotopic (exact) mass is 374 g/mol. The van der Waals surface area contributed by atoms with Crippen LogP contribution >= 0.6 is 27.5 Å². The quantitative estimate of drug-likeness (QED) is 0.547. The van der Waals surface area contributed by atoms with E-state index in [1.807, 2.05) is 24.4 Å². The first-order valence-corrected chi connectivity index (χ1v) is 8.22. The SMILES string of the molecule is Cc1ccc(-c2ncc(Br)n2-c2cc(Cl)ccc2C)cc1C. The van der Waals surface area contributed by atoms with Gasteiger partial charge in [0.1, 0.15) is 10.4 Å². The normalized spacial score (nSPS) is 11.0. The van der Waals surface area contributed by atoms with Crippen LogP contribution in [0.25, 0.3) is 17.1 Å². The number of hydrogen-bond donors (Lipinski definition) is 0. The molecule has 1 aromatic heterocycles. The average molecular weight is 376 g/mol. The minimum atomic E-state index is 0.715. The van der Waals surface area contributed by atoms with Crippen LogP contribution in [-0.2, 0) is 0 Å². The second-order valence-corrected chi connectivity index (χ2v) is 6.72. The van der Waals surface area contributed by atoms with E-state index in [9.17, 15) is 0 Å². The molecule has 0 aliphatic rings. The molecule has 0 aliphatic carbocycles. The van der Waals surface area contributed by atoms with E-state index in [2.05, 4.69) is 64.5 Å². The Morgan fingerprint density at radius 2 is 1.68 bits per heavy atom. The Balaban J connectivity index is 2.23. The summed E-state index contributed by atoms with van der Waals surface area (Å²) in [5.41, 5.74) is 5.80. The average Bonchev–Trinajstić information content (AvgIpc) is 2.86. The molecule has 112 valence electrons. The largest absolute Gasteiger partial charge is 0.286 e. The molecular formula is C18H16BrClN2. The molecule has 0 spiro atoms. The third kappa shape index (κ3) is 2.71. The second-order valence-electron chi connectivity index (χ2n) is 5.47. The molecule has 4 heteroatoms. The maximum absolute atomic E-state index is 6.18. The first-order valence-electron chi connectivity index (χ1n) is 7.05. The van der Waals surface area contributed by atoms with Crippen LogP contribution in [0.15, 0.2) is 47.2 Å². The molecule has 0 saturated carbocycles. The highest BCUT2D eigenvalue weighted by Gasteiger charge is 2.14. The molecule has 2 aromatic carbocycles. The number of halogens is 2. The van der Waals surface area contributed by atoms with E-state index < -0.39 is 0 Å². The van der Waals surface area contributed by atoms with Crippen LogP contribution < -0.4 is 0 Å². The molecule has 0 atom stereocenters. The molecule has 3 aromatic rings. The third-order valence-corrected chi connectivity index (χ3v) is 4.69. The van der Waals surface area contributed by atoms with E-state index in [1.54, 1.807) is 0 Å². The molecule has 2 nitrogen and oxygen atoms in total.